The molecule has 3 heterocycles. The van der Waals surface area contributed by atoms with Crippen LogP contribution in [0.4, 0.5) is 0 Å². The average molecular weight is 442 g/mol. The number of hydrogen-bond acceptors (Lipinski definition) is 1. The lowest BCUT2D eigenvalue weighted by atomic mass is 9.97. The summed E-state index contributed by atoms with van der Waals surface area (Å²) in [5.74, 6) is 0. The monoisotopic (exact) mass is 442 g/mol. The highest BCUT2D eigenvalue weighted by Gasteiger charge is 2.96. The van der Waals surface area contributed by atoms with Crippen LogP contribution in [0.5, 0.6) is 0 Å². The third-order valence-electron chi connectivity index (χ3n) is 6.26. The normalized spacial score (nSPS) is 43.0. The third-order valence-corrected chi connectivity index (χ3v) is 31.8. The van der Waals surface area contributed by atoms with E-state index in [1.807, 2.05) is 0 Å². The first kappa shape index (κ1) is 20.6. The Balaban J connectivity index is 1.81. The Bertz CT molecular complexity index is 695. The molecular weight excluding hydrogens is 408 g/mol. The van der Waals surface area contributed by atoms with Crippen molar-refractivity contribution < 1.29 is 0 Å². The maximum Gasteiger partial charge on any atom is 0.0691 e. The Morgan fingerprint density at radius 2 is 1.42 bits per heavy atom. The van der Waals surface area contributed by atoms with Gasteiger partial charge in [0.2, 0.25) is 0 Å². The summed E-state index contributed by atoms with van der Waals surface area (Å²) in [6.07, 6.45) is 0. The molecule has 5 unspecified atom stereocenters. The van der Waals surface area contributed by atoms with E-state index < -0.39 is 0 Å². The molecule has 1 aromatic carbocycles. The molecule has 0 aromatic heterocycles. The van der Waals surface area contributed by atoms with Gasteiger partial charge in [0.25, 0.3) is 0 Å². The fourth-order valence-corrected chi connectivity index (χ4v) is 39.3. The summed E-state index contributed by atoms with van der Waals surface area (Å²) < 4.78 is 1.89. The molecule has 3 fully saturated rings. The molecule has 0 saturated carbocycles. The van der Waals surface area contributed by atoms with Crippen molar-refractivity contribution in [2.75, 3.05) is 0 Å². The fraction of sp³-hybridized carbons (Fsp3) is 0.714. The first-order valence-corrected chi connectivity index (χ1v) is 16.0. The second kappa shape index (κ2) is 5.70. The lowest BCUT2D eigenvalue weighted by Gasteiger charge is -2.96. The van der Waals surface area contributed by atoms with Gasteiger partial charge in [-0.3, -0.25) is 0 Å². The summed E-state index contributed by atoms with van der Waals surface area (Å²) in [4.78, 5) is 0. The van der Waals surface area contributed by atoms with Crippen molar-refractivity contribution in [1.82, 2.24) is 0 Å². The summed E-state index contributed by atoms with van der Waals surface area (Å²) in [5.41, 5.74) is 1.32. The van der Waals surface area contributed by atoms with Crippen LogP contribution in [0.3, 0.4) is 0 Å². The Hall–Kier alpha value is 1.29. The summed E-state index contributed by atoms with van der Waals surface area (Å²) in [6, 6.07) is 11.4. The van der Waals surface area contributed by atoms with Gasteiger partial charge in [0, 0.05) is 4.64 Å². The first-order valence-electron chi connectivity index (χ1n) is 9.66. The average Bonchev–Trinajstić information content (AvgIpc) is 2.45. The number of rotatable bonds is 2. The maximum atomic E-state index is 2.56. The zero-order valence-electron chi connectivity index (χ0n) is 17.7. The second-order valence-electron chi connectivity index (χ2n) is 11.1. The molecule has 1 aromatic rings. The topological polar surface area (TPSA) is 0 Å². The van der Waals surface area contributed by atoms with Gasteiger partial charge in [0.05, 0.1) is 8.46 Å². The van der Waals surface area contributed by atoms with Gasteiger partial charge in [0.1, 0.15) is 0 Å². The Morgan fingerprint density at radius 1 is 0.846 bits per heavy atom. The molecule has 0 radical (unpaired) electrons. The molecule has 0 amide bonds. The fourth-order valence-electron chi connectivity index (χ4n) is 4.87. The molecule has 0 spiro atoms. The van der Waals surface area contributed by atoms with Gasteiger partial charge in [-0.1, -0.05) is 109 Å². The van der Waals surface area contributed by atoms with Gasteiger partial charge in [0.15, 0.2) is 0 Å². The van der Waals surface area contributed by atoms with Gasteiger partial charge in [-0.05, 0) is 37.1 Å². The molecule has 26 heavy (non-hydrogen) atoms. The molecule has 144 valence electrons. The van der Waals surface area contributed by atoms with E-state index in [0.29, 0.717) is 29.3 Å². The van der Waals surface area contributed by atoms with Crippen LogP contribution in [-0.2, 0) is 0 Å². The molecule has 0 aliphatic carbocycles. The van der Waals surface area contributed by atoms with E-state index in [-0.39, 0.29) is 15.5 Å². The van der Waals surface area contributed by atoms with E-state index in [2.05, 4.69) is 104 Å². The van der Waals surface area contributed by atoms with Crippen molar-refractivity contribution in [3.05, 3.63) is 30.3 Å². The molecule has 3 saturated heterocycles. The van der Waals surface area contributed by atoms with Gasteiger partial charge in [-0.2, -0.15) is 0 Å². The second-order valence-corrected chi connectivity index (χ2v) is 25.0. The highest BCUT2D eigenvalue weighted by molar-refractivity contribution is 8.54. The molecule has 7 atom stereocenters. The molecular formula is C21H34P4S. The first-order chi connectivity index (χ1) is 11.7. The largest absolute Gasteiger partial charge is 0.128 e. The van der Waals surface area contributed by atoms with E-state index in [1.165, 1.54) is 0 Å². The zero-order chi connectivity index (χ0) is 19.4. The van der Waals surface area contributed by atoms with E-state index in [9.17, 15) is 0 Å². The number of hydrogen-bond donors (Lipinski definition) is 0. The minimum absolute atomic E-state index is 0.0252. The van der Waals surface area contributed by atoms with Crippen LogP contribution < -0.4 is 5.30 Å². The van der Waals surface area contributed by atoms with Gasteiger partial charge >= 0.3 is 0 Å². The molecule has 3 aliphatic rings. The van der Waals surface area contributed by atoms with Crippen molar-refractivity contribution in [3.63, 3.8) is 0 Å². The lowest BCUT2D eigenvalue weighted by molar-refractivity contribution is 0.325. The SMILES string of the molecule is CC(C)(C)C12P[C@@]3(C(C)(C)C)S[C@](C(C)(C)C)(P1Pc1ccccc1)P23. The Labute approximate surface area is 171 Å². The smallest absolute Gasteiger partial charge is 0.0691 e. The van der Waals surface area contributed by atoms with Crippen molar-refractivity contribution in [2.24, 2.45) is 16.2 Å². The Morgan fingerprint density at radius 3 is 1.88 bits per heavy atom. The van der Waals surface area contributed by atoms with Crippen LogP contribution in [0.1, 0.15) is 62.3 Å². The zero-order valence-corrected chi connectivity index (χ0v) is 22.3. The van der Waals surface area contributed by atoms with Crippen molar-refractivity contribution in [1.29, 1.82) is 0 Å². The van der Waals surface area contributed by atoms with Crippen LogP contribution in [0.15, 0.2) is 30.3 Å². The molecule has 4 rings (SSSR count). The summed E-state index contributed by atoms with van der Waals surface area (Å²) in [7, 11) is 2.31. The van der Waals surface area contributed by atoms with Gasteiger partial charge in [-0.25, -0.2) is 0 Å². The van der Waals surface area contributed by atoms with E-state index >= 15 is 0 Å². The minimum atomic E-state index is 0.0252. The molecule has 0 nitrogen and oxygen atoms in total. The summed E-state index contributed by atoms with van der Waals surface area (Å²) >= 11 is 2.47. The van der Waals surface area contributed by atoms with Gasteiger partial charge in [-0.15, -0.1) is 11.8 Å². The molecule has 5 heteroatoms. The summed E-state index contributed by atoms with van der Waals surface area (Å²) in [5, 5.41) is 1.60. The van der Waals surface area contributed by atoms with Gasteiger partial charge < -0.3 is 0 Å². The third kappa shape index (κ3) is 2.20. The van der Waals surface area contributed by atoms with Crippen LogP contribution >= 0.6 is 44.1 Å². The lowest BCUT2D eigenvalue weighted by Crippen LogP contribution is -2.77. The van der Waals surface area contributed by atoms with Crippen molar-refractivity contribution >= 4 is 49.4 Å². The van der Waals surface area contributed by atoms with E-state index in [4.69, 9.17) is 0 Å². The molecule has 3 aliphatic heterocycles. The summed E-state index contributed by atoms with van der Waals surface area (Å²) in [6.45, 7) is 22.9. The highest BCUT2D eigenvalue weighted by Crippen LogP contribution is 3.26. The molecule has 0 bridgehead atoms. The standard InChI is InChI=1S/C21H34P4S/c1-16(2,3)19-23-20(17(4,5)6)24(19)21(26-20,18(7,8)9)25(19)22-15-13-11-10-12-14-15/h10-14,22-23H,1-9H3/t19?,20-,21+,24?,25?/m1/s1. The van der Waals surface area contributed by atoms with Crippen LogP contribution in [0, 0.1) is 16.2 Å². The van der Waals surface area contributed by atoms with E-state index in [1.54, 1.807) is 5.30 Å². The van der Waals surface area contributed by atoms with Crippen LogP contribution in [0.25, 0.3) is 0 Å². The molecule has 0 N–H and O–H groups in total. The minimum Gasteiger partial charge on any atom is -0.128 e. The number of benzene rings is 1. The number of thioether (sulfide) groups is 1. The van der Waals surface area contributed by atoms with Crippen LogP contribution in [-0.4, -0.2) is 13.1 Å². The Kier molecular flexibility index (Phi) is 4.51. The quantitative estimate of drug-likeness (QED) is 0.414. The van der Waals surface area contributed by atoms with Crippen molar-refractivity contribution in [2.45, 2.75) is 75.4 Å². The predicted octanol–water partition coefficient (Wildman–Crippen LogP) is 8.42. The maximum absolute atomic E-state index is 2.56. The van der Waals surface area contributed by atoms with Crippen LogP contribution in [0.2, 0.25) is 0 Å². The van der Waals surface area contributed by atoms with Crippen molar-refractivity contribution in [3.8, 4) is 0 Å². The van der Waals surface area contributed by atoms with E-state index in [0.717, 1.165) is 16.9 Å². The highest BCUT2D eigenvalue weighted by atomic mass is 32.2. The predicted molar refractivity (Wildman–Crippen MR) is 131 cm³/mol.